The number of aromatic amines is 1. The molecule has 0 saturated heterocycles. The number of hydrogen-bond donors (Lipinski definition) is 3. The third kappa shape index (κ3) is 3.17. The molecule has 0 radical (unpaired) electrons. The van der Waals surface area contributed by atoms with Crippen molar-refractivity contribution < 1.29 is 4.79 Å². The highest BCUT2D eigenvalue weighted by Gasteiger charge is 2.07. The Hall–Kier alpha value is -2.60. The van der Waals surface area contributed by atoms with Gasteiger partial charge in [-0.3, -0.25) is 4.79 Å². The fourth-order valence-electron chi connectivity index (χ4n) is 2.20. The largest absolute Gasteiger partial charge is 0.365 e. The lowest BCUT2D eigenvalue weighted by atomic mass is 10.2. The zero-order chi connectivity index (χ0) is 15.5. The standard InChI is InChI=1S/C15H14ClN5O/c1-9(22)19-11-4-2-3-10(7-11)8-18-14-12-5-6-17-13(12)20-15(16)21-14/h2-7H,8H2,1H3,(H,19,22)(H2,17,18,20,21). The molecule has 2 aromatic heterocycles. The Kier molecular flexibility index (Phi) is 3.93. The number of carbonyl (C=O) groups excluding carboxylic acids is 1. The number of carbonyl (C=O) groups is 1. The normalized spacial score (nSPS) is 10.6. The first-order valence-electron chi connectivity index (χ1n) is 6.73. The Balaban J connectivity index is 1.79. The topological polar surface area (TPSA) is 82.7 Å². The minimum absolute atomic E-state index is 0.0956. The lowest BCUT2D eigenvalue weighted by Crippen LogP contribution is -2.07. The molecule has 0 atom stereocenters. The number of fused-ring (bicyclic) bond motifs is 1. The van der Waals surface area contributed by atoms with Crippen LogP contribution in [0.15, 0.2) is 36.5 Å². The molecule has 0 unspecified atom stereocenters. The fraction of sp³-hybridized carbons (Fsp3) is 0.133. The summed E-state index contributed by atoms with van der Waals surface area (Å²) in [5, 5.41) is 7.06. The minimum Gasteiger partial charge on any atom is -0.365 e. The highest BCUT2D eigenvalue weighted by Crippen LogP contribution is 2.22. The Labute approximate surface area is 131 Å². The van der Waals surface area contributed by atoms with Crippen LogP contribution in [-0.2, 0) is 11.3 Å². The average molecular weight is 316 g/mol. The van der Waals surface area contributed by atoms with Gasteiger partial charge in [-0.2, -0.15) is 4.98 Å². The van der Waals surface area contributed by atoms with Crippen molar-refractivity contribution in [3.05, 3.63) is 47.4 Å². The maximum atomic E-state index is 11.1. The van der Waals surface area contributed by atoms with Gasteiger partial charge in [0.2, 0.25) is 11.2 Å². The summed E-state index contributed by atoms with van der Waals surface area (Å²) in [7, 11) is 0. The van der Waals surface area contributed by atoms with Crippen molar-refractivity contribution in [3.8, 4) is 0 Å². The van der Waals surface area contributed by atoms with Crippen LogP contribution in [0.2, 0.25) is 5.28 Å². The molecule has 2 heterocycles. The molecule has 0 aliphatic carbocycles. The van der Waals surface area contributed by atoms with Crippen LogP contribution in [0, 0.1) is 0 Å². The molecular formula is C15H14ClN5O. The molecule has 0 fully saturated rings. The summed E-state index contributed by atoms with van der Waals surface area (Å²) >= 11 is 5.92. The lowest BCUT2D eigenvalue weighted by Gasteiger charge is -2.09. The second kappa shape index (κ2) is 6.03. The number of benzene rings is 1. The maximum absolute atomic E-state index is 11.1. The Morgan fingerprint density at radius 2 is 2.18 bits per heavy atom. The molecular weight excluding hydrogens is 302 g/mol. The van der Waals surface area contributed by atoms with Gasteiger partial charge in [-0.15, -0.1) is 0 Å². The Morgan fingerprint density at radius 1 is 1.32 bits per heavy atom. The van der Waals surface area contributed by atoms with E-state index in [1.165, 1.54) is 6.92 Å². The van der Waals surface area contributed by atoms with E-state index < -0.39 is 0 Å². The van der Waals surface area contributed by atoms with Gasteiger partial charge in [0.15, 0.2) is 0 Å². The fourth-order valence-corrected chi connectivity index (χ4v) is 2.37. The van der Waals surface area contributed by atoms with Crippen LogP contribution < -0.4 is 10.6 Å². The van der Waals surface area contributed by atoms with Gasteiger partial charge < -0.3 is 15.6 Å². The summed E-state index contributed by atoms with van der Waals surface area (Å²) in [6, 6.07) is 9.50. The molecule has 22 heavy (non-hydrogen) atoms. The smallest absolute Gasteiger partial charge is 0.226 e. The molecule has 0 spiro atoms. The van der Waals surface area contributed by atoms with Gasteiger partial charge in [0.25, 0.3) is 0 Å². The van der Waals surface area contributed by atoms with E-state index in [2.05, 4.69) is 25.6 Å². The number of halogens is 1. The van der Waals surface area contributed by atoms with Crippen LogP contribution in [0.25, 0.3) is 11.0 Å². The van der Waals surface area contributed by atoms with Crippen molar-refractivity contribution in [2.45, 2.75) is 13.5 Å². The van der Waals surface area contributed by atoms with Crippen molar-refractivity contribution in [1.29, 1.82) is 0 Å². The summed E-state index contributed by atoms with van der Waals surface area (Å²) in [4.78, 5) is 22.4. The maximum Gasteiger partial charge on any atom is 0.226 e. The third-order valence-corrected chi connectivity index (χ3v) is 3.26. The number of amides is 1. The summed E-state index contributed by atoms with van der Waals surface area (Å²) in [5.74, 6) is 0.572. The molecule has 1 aromatic carbocycles. The Morgan fingerprint density at radius 3 is 3.00 bits per heavy atom. The lowest BCUT2D eigenvalue weighted by molar-refractivity contribution is -0.114. The second-order valence-corrected chi connectivity index (χ2v) is 5.15. The van der Waals surface area contributed by atoms with Crippen LogP contribution in [0.5, 0.6) is 0 Å². The van der Waals surface area contributed by atoms with Gasteiger partial charge in [0, 0.05) is 25.4 Å². The predicted octanol–water partition coefficient (Wildman–Crippen LogP) is 3.18. The van der Waals surface area contributed by atoms with Crippen molar-refractivity contribution in [2.24, 2.45) is 0 Å². The van der Waals surface area contributed by atoms with Crippen molar-refractivity contribution in [1.82, 2.24) is 15.0 Å². The number of anilines is 2. The second-order valence-electron chi connectivity index (χ2n) is 4.82. The molecule has 112 valence electrons. The van der Waals surface area contributed by atoms with E-state index in [1.807, 2.05) is 30.3 Å². The van der Waals surface area contributed by atoms with Gasteiger partial charge in [-0.1, -0.05) is 12.1 Å². The monoisotopic (exact) mass is 315 g/mol. The van der Waals surface area contributed by atoms with E-state index in [1.54, 1.807) is 6.20 Å². The molecule has 0 bridgehead atoms. The van der Waals surface area contributed by atoms with E-state index in [0.29, 0.717) is 18.0 Å². The number of nitrogens with one attached hydrogen (secondary N) is 3. The zero-order valence-electron chi connectivity index (χ0n) is 11.9. The molecule has 0 aliphatic rings. The number of hydrogen-bond acceptors (Lipinski definition) is 4. The third-order valence-electron chi connectivity index (χ3n) is 3.10. The summed E-state index contributed by atoms with van der Waals surface area (Å²) in [6.07, 6.45) is 1.79. The molecule has 7 heteroatoms. The number of nitrogens with zero attached hydrogens (tertiary/aromatic N) is 2. The predicted molar refractivity (Wildman–Crippen MR) is 87.0 cm³/mol. The number of H-pyrrole nitrogens is 1. The van der Waals surface area contributed by atoms with E-state index in [-0.39, 0.29) is 11.2 Å². The molecule has 3 aromatic rings. The number of rotatable bonds is 4. The van der Waals surface area contributed by atoms with Crippen LogP contribution in [0.3, 0.4) is 0 Å². The SMILES string of the molecule is CC(=O)Nc1cccc(CNc2nc(Cl)nc3[nH]ccc23)c1. The van der Waals surface area contributed by atoms with E-state index >= 15 is 0 Å². The van der Waals surface area contributed by atoms with Crippen LogP contribution in [0.4, 0.5) is 11.5 Å². The molecule has 6 nitrogen and oxygen atoms in total. The Bertz CT molecular complexity index is 830. The average Bonchev–Trinajstić information content (AvgIpc) is 2.92. The molecule has 1 amide bonds. The summed E-state index contributed by atoms with van der Waals surface area (Å²) in [6.45, 7) is 2.04. The van der Waals surface area contributed by atoms with Gasteiger partial charge in [0.05, 0.1) is 5.39 Å². The van der Waals surface area contributed by atoms with Gasteiger partial charge >= 0.3 is 0 Å². The molecule has 3 rings (SSSR count). The first-order valence-corrected chi connectivity index (χ1v) is 7.10. The first-order chi connectivity index (χ1) is 10.6. The van der Waals surface area contributed by atoms with E-state index in [9.17, 15) is 4.79 Å². The molecule has 0 aliphatic heterocycles. The van der Waals surface area contributed by atoms with Crippen LogP contribution in [-0.4, -0.2) is 20.9 Å². The van der Waals surface area contributed by atoms with Crippen LogP contribution in [0.1, 0.15) is 12.5 Å². The van der Waals surface area contributed by atoms with Crippen molar-refractivity contribution >= 4 is 40.0 Å². The summed E-state index contributed by atoms with van der Waals surface area (Å²) in [5.41, 5.74) is 2.47. The highest BCUT2D eigenvalue weighted by molar-refractivity contribution is 6.28. The minimum atomic E-state index is -0.0956. The quantitative estimate of drug-likeness (QED) is 0.646. The molecule has 3 N–H and O–H groups in total. The van der Waals surface area contributed by atoms with E-state index in [0.717, 1.165) is 16.6 Å². The zero-order valence-corrected chi connectivity index (χ0v) is 12.6. The molecule has 0 saturated carbocycles. The van der Waals surface area contributed by atoms with Crippen molar-refractivity contribution in [3.63, 3.8) is 0 Å². The van der Waals surface area contributed by atoms with E-state index in [4.69, 9.17) is 11.6 Å². The number of aromatic nitrogens is 3. The van der Waals surface area contributed by atoms with Gasteiger partial charge in [-0.05, 0) is 35.4 Å². The van der Waals surface area contributed by atoms with Gasteiger partial charge in [0.1, 0.15) is 11.5 Å². The summed E-state index contributed by atoms with van der Waals surface area (Å²) < 4.78 is 0. The van der Waals surface area contributed by atoms with Gasteiger partial charge in [-0.25, -0.2) is 4.98 Å². The van der Waals surface area contributed by atoms with Crippen LogP contribution >= 0.6 is 11.6 Å². The highest BCUT2D eigenvalue weighted by atomic mass is 35.5. The first kappa shape index (κ1) is 14.3. The van der Waals surface area contributed by atoms with Crippen molar-refractivity contribution in [2.75, 3.05) is 10.6 Å².